The minimum absolute atomic E-state index is 0.491. The van der Waals surface area contributed by atoms with E-state index < -0.39 is 11.4 Å². The highest BCUT2D eigenvalue weighted by atomic mass is 32.2. The van der Waals surface area contributed by atoms with Crippen LogP contribution >= 0.6 is 11.8 Å². The summed E-state index contributed by atoms with van der Waals surface area (Å²) in [6.45, 7) is 1.64. The molecule has 96 valence electrons. The van der Waals surface area contributed by atoms with Gasteiger partial charge in [-0.05, 0) is 25.5 Å². The minimum atomic E-state index is -0.979. The highest BCUT2D eigenvalue weighted by Crippen LogP contribution is 2.19. The summed E-state index contributed by atoms with van der Waals surface area (Å²) in [7, 11) is 0. The van der Waals surface area contributed by atoms with Gasteiger partial charge in [0.05, 0.1) is 5.54 Å². The van der Waals surface area contributed by atoms with Crippen LogP contribution in [0.2, 0.25) is 0 Å². The number of hydrogen-bond acceptors (Lipinski definition) is 5. The molecule has 1 atom stereocenters. The first kappa shape index (κ1) is 12.8. The molecule has 18 heavy (non-hydrogen) atoms. The Hall–Kier alpha value is -1.60. The number of aromatic nitrogens is 3. The summed E-state index contributed by atoms with van der Waals surface area (Å²) in [5.41, 5.74) is 10.8. The molecule has 2 aromatic rings. The fourth-order valence-electron chi connectivity index (χ4n) is 1.40. The van der Waals surface area contributed by atoms with Crippen molar-refractivity contribution in [3.63, 3.8) is 0 Å². The van der Waals surface area contributed by atoms with Crippen LogP contribution < -0.4 is 11.5 Å². The number of carbonyl (C=O) groups excluding carboxylic acids is 1. The molecule has 7 heteroatoms. The quantitative estimate of drug-likeness (QED) is 0.763. The molecule has 0 spiro atoms. The molecular formula is C11H15N5OS. The number of amides is 1. The lowest BCUT2D eigenvalue weighted by atomic mass is 10.0. The predicted octanol–water partition coefficient (Wildman–Crippen LogP) is 0.414. The van der Waals surface area contributed by atoms with Crippen molar-refractivity contribution in [2.45, 2.75) is 24.0 Å². The van der Waals surface area contributed by atoms with Crippen LogP contribution in [0.15, 0.2) is 29.6 Å². The van der Waals surface area contributed by atoms with Gasteiger partial charge in [-0.3, -0.25) is 9.20 Å². The molecule has 0 saturated heterocycles. The Morgan fingerprint density at radius 1 is 1.50 bits per heavy atom. The van der Waals surface area contributed by atoms with Crippen LogP contribution in [0.5, 0.6) is 0 Å². The van der Waals surface area contributed by atoms with E-state index in [0.29, 0.717) is 12.2 Å². The highest BCUT2D eigenvalue weighted by molar-refractivity contribution is 7.99. The third kappa shape index (κ3) is 2.62. The molecule has 6 nitrogen and oxygen atoms in total. The average Bonchev–Trinajstić information content (AvgIpc) is 2.72. The van der Waals surface area contributed by atoms with Gasteiger partial charge in [0.15, 0.2) is 10.8 Å². The van der Waals surface area contributed by atoms with E-state index in [1.807, 2.05) is 28.8 Å². The SMILES string of the molecule is CC(N)(CCSc1nnc2ccccn12)C(N)=O. The van der Waals surface area contributed by atoms with Gasteiger partial charge < -0.3 is 11.5 Å². The van der Waals surface area contributed by atoms with Crippen LogP contribution in [0.3, 0.4) is 0 Å². The molecule has 1 amide bonds. The standard InChI is InChI=1S/C11H15N5OS/c1-11(13,9(12)17)5-7-18-10-15-14-8-4-2-3-6-16(8)10/h2-4,6H,5,7,13H2,1H3,(H2,12,17). The van der Waals surface area contributed by atoms with Gasteiger partial charge >= 0.3 is 0 Å². The summed E-state index contributed by atoms with van der Waals surface area (Å²) in [6, 6.07) is 5.70. The van der Waals surface area contributed by atoms with Crippen molar-refractivity contribution in [1.29, 1.82) is 0 Å². The molecule has 0 aliphatic heterocycles. The highest BCUT2D eigenvalue weighted by Gasteiger charge is 2.25. The minimum Gasteiger partial charge on any atom is -0.368 e. The van der Waals surface area contributed by atoms with Gasteiger partial charge in [0.2, 0.25) is 5.91 Å². The van der Waals surface area contributed by atoms with Crippen LogP contribution in [0.1, 0.15) is 13.3 Å². The summed E-state index contributed by atoms with van der Waals surface area (Å²) < 4.78 is 1.89. The van der Waals surface area contributed by atoms with E-state index >= 15 is 0 Å². The fourth-order valence-corrected chi connectivity index (χ4v) is 2.50. The van der Waals surface area contributed by atoms with Gasteiger partial charge in [0.1, 0.15) is 0 Å². The summed E-state index contributed by atoms with van der Waals surface area (Å²) in [5.74, 6) is 0.167. The summed E-state index contributed by atoms with van der Waals surface area (Å²) in [6.07, 6.45) is 2.39. The molecule has 4 N–H and O–H groups in total. The number of rotatable bonds is 5. The molecule has 2 rings (SSSR count). The largest absolute Gasteiger partial charge is 0.368 e. The maximum atomic E-state index is 11.1. The molecule has 0 saturated carbocycles. The van der Waals surface area contributed by atoms with Gasteiger partial charge in [-0.15, -0.1) is 10.2 Å². The van der Waals surface area contributed by atoms with Gasteiger partial charge in [0.25, 0.3) is 0 Å². The number of nitrogens with two attached hydrogens (primary N) is 2. The van der Waals surface area contributed by atoms with Crippen molar-refractivity contribution in [3.05, 3.63) is 24.4 Å². The molecule has 2 aromatic heterocycles. The maximum Gasteiger partial charge on any atom is 0.237 e. The zero-order valence-corrected chi connectivity index (χ0v) is 10.9. The monoisotopic (exact) mass is 265 g/mol. The first-order valence-electron chi connectivity index (χ1n) is 5.52. The fraction of sp³-hybridized carbons (Fsp3) is 0.364. The van der Waals surface area contributed by atoms with Crippen LogP contribution in [0.4, 0.5) is 0 Å². The second kappa shape index (κ2) is 4.95. The Balaban J connectivity index is 2.01. The maximum absolute atomic E-state index is 11.1. The van der Waals surface area contributed by atoms with Crippen molar-refractivity contribution in [2.24, 2.45) is 11.5 Å². The Morgan fingerprint density at radius 2 is 2.28 bits per heavy atom. The molecule has 0 aliphatic carbocycles. The van der Waals surface area contributed by atoms with E-state index in [9.17, 15) is 4.79 Å². The van der Waals surface area contributed by atoms with E-state index in [2.05, 4.69) is 10.2 Å². The molecule has 0 fully saturated rings. The van der Waals surface area contributed by atoms with E-state index in [1.54, 1.807) is 6.92 Å². The number of carbonyl (C=O) groups is 1. The van der Waals surface area contributed by atoms with Gasteiger partial charge in [-0.2, -0.15) is 0 Å². The molecule has 0 aliphatic rings. The van der Waals surface area contributed by atoms with Crippen LogP contribution in [0.25, 0.3) is 5.65 Å². The zero-order valence-electron chi connectivity index (χ0n) is 10.0. The van der Waals surface area contributed by atoms with Crippen LogP contribution in [0, 0.1) is 0 Å². The molecule has 2 heterocycles. The first-order chi connectivity index (χ1) is 8.50. The second-order valence-electron chi connectivity index (χ2n) is 4.29. The average molecular weight is 265 g/mol. The van der Waals surface area contributed by atoms with Crippen LogP contribution in [-0.4, -0.2) is 31.8 Å². The molecule has 0 aromatic carbocycles. The molecular weight excluding hydrogens is 250 g/mol. The predicted molar refractivity (Wildman–Crippen MR) is 70.1 cm³/mol. The Labute approximate surface area is 109 Å². The number of pyridine rings is 1. The summed E-state index contributed by atoms with van der Waals surface area (Å²) >= 11 is 1.50. The normalized spacial score (nSPS) is 14.6. The lowest BCUT2D eigenvalue weighted by molar-refractivity contribution is -0.122. The smallest absolute Gasteiger partial charge is 0.237 e. The Morgan fingerprint density at radius 3 is 3.00 bits per heavy atom. The number of fused-ring (bicyclic) bond motifs is 1. The number of primary amides is 1. The van der Waals surface area contributed by atoms with E-state index in [0.717, 1.165) is 10.8 Å². The summed E-state index contributed by atoms with van der Waals surface area (Å²) in [5, 5.41) is 8.90. The van der Waals surface area contributed by atoms with Crippen molar-refractivity contribution in [3.8, 4) is 0 Å². The van der Waals surface area contributed by atoms with E-state index in [1.165, 1.54) is 11.8 Å². The van der Waals surface area contributed by atoms with Crippen molar-refractivity contribution >= 4 is 23.3 Å². The second-order valence-corrected chi connectivity index (χ2v) is 5.35. The van der Waals surface area contributed by atoms with Gasteiger partial charge in [0, 0.05) is 11.9 Å². The number of nitrogens with zero attached hydrogens (tertiary/aromatic N) is 3. The zero-order chi connectivity index (χ0) is 13.2. The number of hydrogen-bond donors (Lipinski definition) is 2. The lowest BCUT2D eigenvalue weighted by Gasteiger charge is -2.19. The molecule has 0 bridgehead atoms. The first-order valence-corrected chi connectivity index (χ1v) is 6.50. The molecule has 1 unspecified atom stereocenters. The van der Waals surface area contributed by atoms with Gasteiger partial charge in [-0.1, -0.05) is 17.8 Å². The number of thioether (sulfide) groups is 1. The van der Waals surface area contributed by atoms with Crippen molar-refractivity contribution in [1.82, 2.24) is 14.6 Å². The Kier molecular flexibility index (Phi) is 3.53. The van der Waals surface area contributed by atoms with Crippen molar-refractivity contribution < 1.29 is 4.79 Å². The summed E-state index contributed by atoms with van der Waals surface area (Å²) in [4.78, 5) is 11.1. The van der Waals surface area contributed by atoms with E-state index in [4.69, 9.17) is 11.5 Å². The van der Waals surface area contributed by atoms with Crippen molar-refractivity contribution in [2.75, 3.05) is 5.75 Å². The van der Waals surface area contributed by atoms with Gasteiger partial charge in [-0.25, -0.2) is 0 Å². The van der Waals surface area contributed by atoms with E-state index in [-0.39, 0.29) is 0 Å². The lowest BCUT2D eigenvalue weighted by Crippen LogP contribution is -2.49. The topological polar surface area (TPSA) is 99.3 Å². The Bertz CT molecular complexity index is 565. The third-order valence-electron chi connectivity index (χ3n) is 2.70. The third-order valence-corrected chi connectivity index (χ3v) is 3.64. The van der Waals surface area contributed by atoms with Crippen LogP contribution in [-0.2, 0) is 4.79 Å². The molecule has 0 radical (unpaired) electrons.